The van der Waals surface area contributed by atoms with Crippen LogP contribution in [0.4, 0.5) is 4.39 Å². The van der Waals surface area contributed by atoms with Crippen LogP contribution in [0, 0.1) is 5.82 Å². The van der Waals surface area contributed by atoms with E-state index in [1.807, 2.05) is 0 Å². The molecule has 3 nitrogen and oxygen atoms in total. The summed E-state index contributed by atoms with van der Waals surface area (Å²) in [6.45, 7) is 0. The molecule has 0 amide bonds. The number of rotatable bonds is 0. The minimum atomic E-state index is -0.818. The molecule has 0 fully saturated rings. The van der Waals surface area contributed by atoms with Crippen LogP contribution >= 0.6 is 0 Å². The number of aliphatic hydroxyl groups excluding tert-OH is 1. The number of benzene rings is 1. The van der Waals surface area contributed by atoms with E-state index in [2.05, 4.69) is 5.16 Å². The molecular formula is C9H8FNO2. The minimum Gasteiger partial charge on any atom is -0.411 e. The number of hydrogen-bond acceptors (Lipinski definition) is 3. The molecule has 1 unspecified atom stereocenters. The first kappa shape index (κ1) is 8.19. The zero-order chi connectivity index (χ0) is 9.42. The van der Waals surface area contributed by atoms with Crippen molar-refractivity contribution < 1.29 is 14.7 Å². The minimum absolute atomic E-state index is 0.218. The van der Waals surface area contributed by atoms with Crippen molar-refractivity contribution in [1.82, 2.24) is 0 Å². The first-order valence-corrected chi connectivity index (χ1v) is 3.91. The van der Waals surface area contributed by atoms with Crippen LogP contribution < -0.4 is 0 Å². The van der Waals surface area contributed by atoms with Crippen molar-refractivity contribution in [1.29, 1.82) is 0 Å². The van der Waals surface area contributed by atoms with Crippen LogP contribution in [-0.2, 0) is 6.42 Å². The number of oxime groups is 1. The molecule has 1 aromatic rings. The van der Waals surface area contributed by atoms with Crippen molar-refractivity contribution in [2.75, 3.05) is 0 Å². The summed E-state index contributed by atoms with van der Waals surface area (Å²) in [5.41, 5.74) is 1.52. The molecule has 0 heterocycles. The van der Waals surface area contributed by atoms with Crippen LogP contribution in [0.15, 0.2) is 23.4 Å². The van der Waals surface area contributed by atoms with Crippen molar-refractivity contribution in [2.45, 2.75) is 12.5 Å². The molecule has 68 valence electrons. The molecule has 1 aliphatic rings. The molecule has 1 aliphatic carbocycles. The van der Waals surface area contributed by atoms with Gasteiger partial charge in [-0.15, -0.1) is 0 Å². The van der Waals surface area contributed by atoms with Crippen LogP contribution in [0.5, 0.6) is 0 Å². The zero-order valence-corrected chi connectivity index (χ0v) is 6.74. The Morgan fingerprint density at radius 1 is 1.46 bits per heavy atom. The molecule has 2 rings (SSSR count). The lowest BCUT2D eigenvalue weighted by Gasteiger charge is -1.99. The number of nitrogens with zero attached hydrogens (tertiary/aromatic N) is 1. The van der Waals surface area contributed by atoms with Crippen LogP contribution in [0.3, 0.4) is 0 Å². The van der Waals surface area contributed by atoms with Gasteiger partial charge in [0.05, 0.1) is 0 Å². The summed E-state index contributed by atoms with van der Waals surface area (Å²) in [4.78, 5) is 0. The Kier molecular flexibility index (Phi) is 1.77. The largest absolute Gasteiger partial charge is 0.411 e. The van der Waals surface area contributed by atoms with E-state index in [0.717, 1.165) is 0 Å². The molecule has 13 heavy (non-hydrogen) atoms. The van der Waals surface area contributed by atoms with Crippen molar-refractivity contribution in [3.05, 3.63) is 35.1 Å². The second-order valence-electron chi connectivity index (χ2n) is 3.01. The Morgan fingerprint density at radius 2 is 2.23 bits per heavy atom. The highest BCUT2D eigenvalue weighted by Crippen LogP contribution is 2.23. The predicted molar refractivity (Wildman–Crippen MR) is 44.4 cm³/mol. The maximum Gasteiger partial charge on any atom is 0.123 e. The highest BCUT2D eigenvalue weighted by molar-refractivity contribution is 6.07. The molecule has 0 aliphatic heterocycles. The standard InChI is InChI=1S/C9H8FNO2/c10-6-1-2-7-5(3-6)4-8(12)9(7)11-13/h1-3,8,12-13H,4H2/b11-9-. The zero-order valence-electron chi connectivity index (χ0n) is 6.74. The third-order valence-electron chi connectivity index (χ3n) is 2.18. The average molecular weight is 181 g/mol. The van der Waals surface area contributed by atoms with Gasteiger partial charge in [0.2, 0.25) is 0 Å². The molecule has 4 heteroatoms. The number of halogens is 1. The summed E-state index contributed by atoms with van der Waals surface area (Å²) in [7, 11) is 0. The summed E-state index contributed by atoms with van der Waals surface area (Å²) in [5, 5.41) is 21.0. The van der Waals surface area contributed by atoms with E-state index in [1.165, 1.54) is 18.2 Å². The SMILES string of the molecule is O/N=C1/c2ccc(F)cc2CC1O. The van der Waals surface area contributed by atoms with Crippen LogP contribution in [0.25, 0.3) is 0 Å². The van der Waals surface area contributed by atoms with E-state index in [-0.39, 0.29) is 11.5 Å². The molecule has 2 N–H and O–H groups in total. The summed E-state index contributed by atoms with van der Waals surface area (Å²) < 4.78 is 12.7. The third kappa shape index (κ3) is 1.19. The lowest BCUT2D eigenvalue weighted by atomic mass is 10.1. The molecule has 0 saturated carbocycles. The van der Waals surface area contributed by atoms with Gasteiger partial charge in [0.15, 0.2) is 0 Å². The first-order valence-electron chi connectivity index (χ1n) is 3.91. The van der Waals surface area contributed by atoms with Crippen LogP contribution in [0.2, 0.25) is 0 Å². The predicted octanol–water partition coefficient (Wildman–Crippen LogP) is 0.921. The lowest BCUT2D eigenvalue weighted by molar-refractivity contribution is 0.237. The van der Waals surface area contributed by atoms with Gasteiger partial charge in [0.1, 0.15) is 17.6 Å². The fourth-order valence-corrected chi connectivity index (χ4v) is 1.59. The topological polar surface area (TPSA) is 52.8 Å². The van der Waals surface area contributed by atoms with E-state index >= 15 is 0 Å². The number of aliphatic hydroxyl groups is 1. The van der Waals surface area contributed by atoms with Crippen LogP contribution in [0.1, 0.15) is 11.1 Å². The van der Waals surface area contributed by atoms with Crippen molar-refractivity contribution in [2.24, 2.45) is 5.16 Å². The molecule has 0 saturated heterocycles. The number of hydrogen-bond donors (Lipinski definition) is 2. The first-order chi connectivity index (χ1) is 6.22. The Balaban J connectivity index is 2.55. The van der Waals surface area contributed by atoms with Crippen molar-refractivity contribution >= 4 is 5.71 Å². The normalized spacial score (nSPS) is 23.5. The molecule has 0 spiro atoms. The highest BCUT2D eigenvalue weighted by Gasteiger charge is 2.27. The monoisotopic (exact) mass is 181 g/mol. The second kappa shape index (κ2) is 2.81. The Hall–Kier alpha value is -1.42. The Labute approximate surface area is 74.1 Å². The molecule has 0 bridgehead atoms. The van der Waals surface area contributed by atoms with Gasteiger partial charge in [-0.25, -0.2) is 4.39 Å². The average Bonchev–Trinajstić information content (AvgIpc) is 2.39. The summed E-state index contributed by atoms with van der Waals surface area (Å²) in [6, 6.07) is 4.13. The van der Waals surface area contributed by atoms with E-state index in [0.29, 0.717) is 17.5 Å². The van der Waals surface area contributed by atoms with Gasteiger partial charge in [0, 0.05) is 12.0 Å². The second-order valence-corrected chi connectivity index (χ2v) is 3.01. The quantitative estimate of drug-likeness (QED) is 0.462. The third-order valence-corrected chi connectivity index (χ3v) is 2.18. The fraction of sp³-hybridized carbons (Fsp3) is 0.222. The Morgan fingerprint density at radius 3 is 2.92 bits per heavy atom. The molecular weight excluding hydrogens is 173 g/mol. The smallest absolute Gasteiger partial charge is 0.123 e. The van der Waals surface area contributed by atoms with Gasteiger partial charge < -0.3 is 10.3 Å². The van der Waals surface area contributed by atoms with E-state index in [1.54, 1.807) is 0 Å². The van der Waals surface area contributed by atoms with Crippen LogP contribution in [-0.4, -0.2) is 22.1 Å². The van der Waals surface area contributed by atoms with E-state index in [4.69, 9.17) is 5.21 Å². The lowest BCUT2D eigenvalue weighted by Crippen LogP contribution is -2.15. The van der Waals surface area contributed by atoms with Gasteiger partial charge >= 0.3 is 0 Å². The fourth-order valence-electron chi connectivity index (χ4n) is 1.59. The van der Waals surface area contributed by atoms with Crippen molar-refractivity contribution in [3.8, 4) is 0 Å². The van der Waals surface area contributed by atoms with Gasteiger partial charge in [0.25, 0.3) is 0 Å². The van der Waals surface area contributed by atoms with E-state index in [9.17, 15) is 9.50 Å². The van der Waals surface area contributed by atoms with Gasteiger partial charge in [-0.3, -0.25) is 0 Å². The van der Waals surface area contributed by atoms with E-state index < -0.39 is 6.10 Å². The van der Waals surface area contributed by atoms with Gasteiger partial charge in [-0.05, 0) is 23.8 Å². The Bertz CT molecular complexity index is 376. The highest BCUT2D eigenvalue weighted by atomic mass is 19.1. The van der Waals surface area contributed by atoms with Crippen molar-refractivity contribution in [3.63, 3.8) is 0 Å². The molecule has 1 atom stereocenters. The van der Waals surface area contributed by atoms with Gasteiger partial charge in [-0.1, -0.05) is 5.16 Å². The summed E-state index contributed by atoms with van der Waals surface area (Å²) >= 11 is 0. The summed E-state index contributed by atoms with van der Waals surface area (Å²) in [6.07, 6.45) is -0.506. The molecule has 0 radical (unpaired) electrons. The van der Waals surface area contributed by atoms with Gasteiger partial charge in [-0.2, -0.15) is 0 Å². The molecule has 0 aromatic heterocycles. The maximum absolute atomic E-state index is 12.7. The number of fused-ring (bicyclic) bond motifs is 1. The molecule has 1 aromatic carbocycles. The maximum atomic E-state index is 12.7. The summed E-state index contributed by atoms with van der Waals surface area (Å²) in [5.74, 6) is -0.342.